The summed E-state index contributed by atoms with van der Waals surface area (Å²) in [7, 11) is 0. The number of carbonyl (C=O) groups is 2. The van der Waals surface area contributed by atoms with Crippen LogP contribution < -0.4 is 20.7 Å². The van der Waals surface area contributed by atoms with E-state index in [2.05, 4.69) is 10.1 Å². The van der Waals surface area contributed by atoms with E-state index in [-0.39, 0.29) is 36.5 Å². The van der Waals surface area contributed by atoms with Crippen LogP contribution in [0.5, 0.6) is 5.75 Å². The van der Waals surface area contributed by atoms with Gasteiger partial charge >= 0.3 is 6.61 Å². The predicted molar refractivity (Wildman–Crippen MR) is 105 cm³/mol. The van der Waals surface area contributed by atoms with E-state index in [0.717, 1.165) is 0 Å². The second kappa shape index (κ2) is 10.2. The van der Waals surface area contributed by atoms with Crippen molar-refractivity contribution in [2.24, 2.45) is 11.1 Å². The number of carbonyl (C=O) groups excluding carboxylic acids is 2. The van der Waals surface area contributed by atoms with Gasteiger partial charge in [-0.1, -0.05) is 0 Å². The van der Waals surface area contributed by atoms with Gasteiger partial charge in [0.1, 0.15) is 11.8 Å². The molecule has 0 aliphatic carbocycles. The maximum absolute atomic E-state index is 12.9. The summed E-state index contributed by atoms with van der Waals surface area (Å²) in [6, 6.07) is 5.26. The highest BCUT2D eigenvalue weighted by atomic mass is 35.5. The van der Waals surface area contributed by atoms with E-state index in [1.165, 1.54) is 12.1 Å². The lowest BCUT2D eigenvalue weighted by Gasteiger charge is -2.38. The molecule has 3 N–H and O–H groups in total. The maximum atomic E-state index is 12.9. The Hall–Kier alpha value is -1.97. The van der Waals surface area contributed by atoms with Gasteiger partial charge in [-0.3, -0.25) is 9.59 Å². The average molecular weight is 434 g/mol. The Morgan fingerprint density at radius 2 is 1.97 bits per heavy atom. The Labute approximate surface area is 174 Å². The largest absolute Gasteiger partial charge is 0.435 e. The van der Waals surface area contributed by atoms with Crippen molar-refractivity contribution in [3.8, 4) is 5.75 Å². The number of rotatable bonds is 6. The first-order valence-electron chi connectivity index (χ1n) is 9.40. The van der Waals surface area contributed by atoms with E-state index in [1.54, 1.807) is 17.0 Å². The van der Waals surface area contributed by atoms with E-state index in [1.807, 2.05) is 0 Å². The number of hydrogen-bond acceptors (Lipinski definition) is 5. The summed E-state index contributed by atoms with van der Waals surface area (Å²) in [6.45, 7) is -1.25. The van der Waals surface area contributed by atoms with Crippen molar-refractivity contribution >= 4 is 29.9 Å². The predicted octanol–water partition coefficient (Wildman–Crippen LogP) is 2.08. The molecule has 2 aliphatic heterocycles. The smallest absolute Gasteiger partial charge is 0.387 e. The van der Waals surface area contributed by atoms with E-state index in [9.17, 15) is 18.4 Å². The molecule has 10 heteroatoms. The number of ether oxygens (including phenoxy) is 2. The first-order valence-corrected chi connectivity index (χ1v) is 9.40. The third kappa shape index (κ3) is 5.34. The van der Waals surface area contributed by atoms with Crippen molar-refractivity contribution in [3.05, 3.63) is 24.3 Å². The summed E-state index contributed by atoms with van der Waals surface area (Å²) >= 11 is 0. The monoisotopic (exact) mass is 433 g/mol. The molecule has 2 fully saturated rings. The topological polar surface area (TPSA) is 93.9 Å². The highest BCUT2D eigenvalue weighted by Gasteiger charge is 2.41. The fourth-order valence-corrected chi connectivity index (χ4v) is 3.67. The van der Waals surface area contributed by atoms with Gasteiger partial charge in [-0.25, -0.2) is 0 Å². The number of piperidine rings is 1. The van der Waals surface area contributed by atoms with Crippen LogP contribution in [0.15, 0.2) is 24.3 Å². The van der Waals surface area contributed by atoms with Gasteiger partial charge in [-0.2, -0.15) is 8.78 Å². The van der Waals surface area contributed by atoms with E-state index >= 15 is 0 Å². The number of nitrogens with zero attached hydrogens (tertiary/aromatic N) is 1. The summed E-state index contributed by atoms with van der Waals surface area (Å²) < 4.78 is 34.2. The number of alkyl halides is 2. The fourth-order valence-electron chi connectivity index (χ4n) is 3.67. The summed E-state index contributed by atoms with van der Waals surface area (Å²) in [4.78, 5) is 27.3. The number of hydrogen-bond donors (Lipinski definition) is 2. The quantitative estimate of drug-likeness (QED) is 0.716. The Bertz CT molecular complexity index is 699. The van der Waals surface area contributed by atoms with Crippen LogP contribution in [0.2, 0.25) is 0 Å². The number of halogens is 3. The molecule has 0 spiro atoms. The normalized spacial score (nSPS) is 21.4. The molecule has 2 aliphatic rings. The third-order valence-electron chi connectivity index (χ3n) is 5.44. The fraction of sp³-hybridized carbons (Fsp3) is 0.579. The van der Waals surface area contributed by atoms with Crippen LogP contribution >= 0.6 is 12.4 Å². The molecule has 0 saturated carbocycles. The Balaban J connectivity index is 0.00000300. The molecule has 0 bridgehead atoms. The zero-order chi connectivity index (χ0) is 20.1. The van der Waals surface area contributed by atoms with Crippen molar-refractivity contribution in [1.29, 1.82) is 0 Å². The van der Waals surface area contributed by atoms with Crippen molar-refractivity contribution in [3.63, 3.8) is 0 Å². The zero-order valence-corrected chi connectivity index (χ0v) is 16.8. The summed E-state index contributed by atoms with van der Waals surface area (Å²) in [5.74, 6) is -0.405. The summed E-state index contributed by atoms with van der Waals surface area (Å²) in [6.07, 6.45) is 2.33. The number of nitrogens with one attached hydrogen (secondary N) is 1. The minimum Gasteiger partial charge on any atom is -0.435 e. The average Bonchev–Trinajstić information content (AvgIpc) is 2.70. The molecule has 3 rings (SSSR count). The number of nitrogens with two attached hydrogens (primary N) is 1. The van der Waals surface area contributed by atoms with Crippen LogP contribution in [0.3, 0.4) is 0 Å². The molecular formula is C19H26ClF2N3O4. The molecule has 0 aromatic heterocycles. The molecule has 1 aromatic rings. The van der Waals surface area contributed by atoms with Crippen LogP contribution in [0.25, 0.3) is 0 Å². The molecule has 29 heavy (non-hydrogen) atoms. The minimum atomic E-state index is -2.90. The van der Waals surface area contributed by atoms with Gasteiger partial charge in [0, 0.05) is 32.0 Å². The second-order valence-electron chi connectivity index (χ2n) is 7.13. The molecule has 7 nitrogen and oxygen atoms in total. The van der Waals surface area contributed by atoms with Gasteiger partial charge in [0.25, 0.3) is 0 Å². The Morgan fingerprint density at radius 1 is 1.31 bits per heavy atom. The molecule has 2 saturated heterocycles. The van der Waals surface area contributed by atoms with E-state index in [0.29, 0.717) is 51.1 Å². The summed E-state index contributed by atoms with van der Waals surface area (Å²) in [5.41, 5.74) is 5.74. The highest BCUT2D eigenvalue weighted by Crippen LogP contribution is 2.31. The van der Waals surface area contributed by atoms with Crippen molar-refractivity contribution in [2.75, 3.05) is 31.2 Å². The molecule has 2 heterocycles. The third-order valence-corrected chi connectivity index (χ3v) is 5.44. The van der Waals surface area contributed by atoms with Crippen LogP contribution in [0.4, 0.5) is 14.5 Å². The molecule has 1 aromatic carbocycles. The maximum Gasteiger partial charge on any atom is 0.387 e. The van der Waals surface area contributed by atoms with Gasteiger partial charge in [0.15, 0.2) is 0 Å². The second-order valence-corrected chi connectivity index (χ2v) is 7.13. The Morgan fingerprint density at radius 3 is 2.55 bits per heavy atom. The molecule has 1 atom stereocenters. The van der Waals surface area contributed by atoms with Gasteiger partial charge in [0.05, 0.1) is 5.41 Å². The first-order chi connectivity index (χ1) is 13.4. The highest BCUT2D eigenvalue weighted by molar-refractivity contribution is 6.00. The van der Waals surface area contributed by atoms with Gasteiger partial charge in [0.2, 0.25) is 11.8 Å². The molecule has 0 radical (unpaired) electrons. The van der Waals surface area contributed by atoms with Gasteiger partial charge in [-0.05, 0) is 49.9 Å². The lowest BCUT2D eigenvalue weighted by atomic mass is 9.79. The number of anilines is 1. The van der Waals surface area contributed by atoms with Crippen LogP contribution in [-0.2, 0) is 14.3 Å². The van der Waals surface area contributed by atoms with Crippen LogP contribution in [0, 0.1) is 5.41 Å². The van der Waals surface area contributed by atoms with Crippen LogP contribution in [0.1, 0.15) is 25.7 Å². The molecule has 1 unspecified atom stereocenters. The first kappa shape index (κ1) is 23.3. The Kier molecular flexibility index (Phi) is 8.18. The standard InChI is InChI=1S/C19H25F2N3O4.ClH/c20-18(21)28-14-5-3-13(4-6-14)24-9-1-2-15(16(24)25)23-17(26)19(12-22)7-10-27-11-8-19;/h3-6,15,18H,1-2,7-12,22H2,(H,23,26);1H. The SMILES string of the molecule is Cl.NCC1(C(=O)NC2CCCN(c3ccc(OC(F)F)cc3)C2=O)CCOCC1. The van der Waals surface area contributed by atoms with Crippen LogP contribution in [-0.4, -0.2) is 50.8 Å². The van der Waals surface area contributed by atoms with Crippen molar-refractivity contribution in [1.82, 2.24) is 5.32 Å². The zero-order valence-electron chi connectivity index (χ0n) is 15.9. The van der Waals surface area contributed by atoms with E-state index in [4.69, 9.17) is 10.5 Å². The minimum absolute atomic E-state index is 0. The molecular weight excluding hydrogens is 408 g/mol. The molecule has 2 amide bonds. The lowest BCUT2D eigenvalue weighted by molar-refractivity contribution is -0.139. The van der Waals surface area contributed by atoms with Crippen molar-refractivity contribution in [2.45, 2.75) is 38.3 Å². The number of benzene rings is 1. The molecule has 162 valence electrons. The number of amides is 2. The van der Waals surface area contributed by atoms with Gasteiger partial charge in [-0.15, -0.1) is 12.4 Å². The summed E-state index contributed by atoms with van der Waals surface area (Å²) in [5, 5.41) is 2.88. The lowest BCUT2D eigenvalue weighted by Crippen LogP contribution is -2.57. The van der Waals surface area contributed by atoms with E-state index < -0.39 is 18.1 Å². The van der Waals surface area contributed by atoms with Crippen molar-refractivity contribution < 1.29 is 27.8 Å². The van der Waals surface area contributed by atoms with Gasteiger partial charge < -0.3 is 25.4 Å².